The second kappa shape index (κ2) is 4.52. The van der Waals surface area contributed by atoms with Crippen LogP contribution in [-0.4, -0.2) is 35.1 Å². The van der Waals surface area contributed by atoms with Gasteiger partial charge in [0.2, 0.25) is 0 Å². The molecule has 1 aliphatic rings. The van der Waals surface area contributed by atoms with Crippen molar-refractivity contribution < 1.29 is 5.11 Å². The predicted octanol–water partition coefficient (Wildman–Crippen LogP) is 1.56. The highest BCUT2D eigenvalue weighted by Gasteiger charge is 2.32. The second-order valence-electron chi connectivity index (χ2n) is 4.73. The van der Waals surface area contributed by atoms with Crippen molar-refractivity contribution in [2.75, 3.05) is 20.1 Å². The highest BCUT2D eigenvalue weighted by Crippen LogP contribution is 2.31. The van der Waals surface area contributed by atoms with Crippen LogP contribution in [0.5, 0.6) is 0 Å². The maximum Gasteiger partial charge on any atom is 0.0935 e. The molecule has 3 nitrogen and oxygen atoms in total. The Labute approximate surface area is 97.1 Å². The number of piperidine rings is 1. The van der Waals surface area contributed by atoms with Crippen LogP contribution in [0.1, 0.15) is 31.0 Å². The largest absolute Gasteiger partial charge is 0.385 e. The number of likely N-dealkylation sites (tertiary alicyclic amines) is 1. The zero-order valence-electron chi connectivity index (χ0n) is 10.1. The van der Waals surface area contributed by atoms with Gasteiger partial charge in [-0.15, -0.1) is 0 Å². The lowest BCUT2D eigenvalue weighted by Crippen LogP contribution is -2.40. The van der Waals surface area contributed by atoms with Crippen molar-refractivity contribution >= 4 is 0 Å². The van der Waals surface area contributed by atoms with Crippen LogP contribution in [0.2, 0.25) is 0 Å². The van der Waals surface area contributed by atoms with Crippen LogP contribution in [0.4, 0.5) is 0 Å². The zero-order valence-corrected chi connectivity index (χ0v) is 10.1. The number of aryl methyl sites for hydroxylation is 1. The molecule has 2 rings (SSSR count). The summed E-state index contributed by atoms with van der Waals surface area (Å²) < 4.78 is 0. The Morgan fingerprint density at radius 1 is 1.38 bits per heavy atom. The number of hydrogen-bond acceptors (Lipinski definition) is 3. The van der Waals surface area contributed by atoms with E-state index < -0.39 is 5.60 Å². The third-order valence-corrected chi connectivity index (χ3v) is 3.54. The Kier molecular flexibility index (Phi) is 3.26. The molecule has 88 valence electrons. The molecular formula is C13H20N2O. The summed E-state index contributed by atoms with van der Waals surface area (Å²) in [4.78, 5) is 6.62. The maximum atomic E-state index is 10.6. The SMILES string of the molecule is CCc1ccc(C2(O)CCN(C)CC2)cn1. The summed E-state index contributed by atoms with van der Waals surface area (Å²) in [5.74, 6) is 0. The van der Waals surface area contributed by atoms with Crippen LogP contribution in [-0.2, 0) is 12.0 Å². The minimum Gasteiger partial charge on any atom is -0.385 e. The molecule has 3 heteroatoms. The monoisotopic (exact) mass is 220 g/mol. The number of nitrogens with zero attached hydrogens (tertiary/aromatic N) is 2. The number of aliphatic hydroxyl groups is 1. The van der Waals surface area contributed by atoms with Crippen molar-refractivity contribution in [3.63, 3.8) is 0 Å². The summed E-state index contributed by atoms with van der Waals surface area (Å²) in [5.41, 5.74) is 1.39. The molecule has 0 spiro atoms. The van der Waals surface area contributed by atoms with E-state index in [1.54, 1.807) is 0 Å². The van der Waals surface area contributed by atoms with E-state index in [9.17, 15) is 5.11 Å². The molecule has 0 aliphatic carbocycles. The van der Waals surface area contributed by atoms with Crippen LogP contribution in [0.25, 0.3) is 0 Å². The zero-order chi connectivity index (χ0) is 11.6. The molecule has 1 aromatic rings. The molecule has 0 atom stereocenters. The van der Waals surface area contributed by atoms with Gasteiger partial charge < -0.3 is 10.0 Å². The Bertz CT molecular complexity index is 339. The Morgan fingerprint density at radius 2 is 2.06 bits per heavy atom. The molecule has 1 saturated heterocycles. The van der Waals surface area contributed by atoms with Crippen molar-refractivity contribution in [2.45, 2.75) is 31.8 Å². The summed E-state index contributed by atoms with van der Waals surface area (Å²) in [6, 6.07) is 4.04. The minimum absolute atomic E-state index is 0.661. The van der Waals surface area contributed by atoms with Crippen molar-refractivity contribution in [3.8, 4) is 0 Å². The first-order valence-electron chi connectivity index (χ1n) is 6.00. The van der Waals surface area contributed by atoms with Crippen LogP contribution < -0.4 is 0 Å². The topological polar surface area (TPSA) is 36.4 Å². The summed E-state index contributed by atoms with van der Waals surface area (Å²) in [6.45, 7) is 3.99. The fraction of sp³-hybridized carbons (Fsp3) is 0.615. The van der Waals surface area contributed by atoms with Gasteiger partial charge in [-0.2, -0.15) is 0 Å². The van der Waals surface area contributed by atoms with Crippen LogP contribution in [0.15, 0.2) is 18.3 Å². The molecule has 0 unspecified atom stereocenters. The van der Waals surface area contributed by atoms with Gasteiger partial charge in [-0.1, -0.05) is 13.0 Å². The quantitative estimate of drug-likeness (QED) is 0.821. The van der Waals surface area contributed by atoms with Crippen LogP contribution in [0, 0.1) is 0 Å². The predicted molar refractivity (Wildman–Crippen MR) is 64.2 cm³/mol. The van der Waals surface area contributed by atoms with E-state index >= 15 is 0 Å². The molecule has 0 saturated carbocycles. The highest BCUT2D eigenvalue weighted by atomic mass is 16.3. The number of aromatic nitrogens is 1. The normalized spacial score (nSPS) is 20.9. The van der Waals surface area contributed by atoms with E-state index in [2.05, 4.69) is 23.9 Å². The summed E-state index contributed by atoms with van der Waals surface area (Å²) in [5, 5.41) is 10.6. The van der Waals surface area contributed by atoms with Gasteiger partial charge in [-0.25, -0.2) is 0 Å². The Morgan fingerprint density at radius 3 is 2.56 bits per heavy atom. The fourth-order valence-electron chi connectivity index (χ4n) is 2.19. The van der Waals surface area contributed by atoms with E-state index in [0.29, 0.717) is 0 Å². The Balaban J connectivity index is 2.16. The van der Waals surface area contributed by atoms with Crippen LogP contribution >= 0.6 is 0 Å². The van der Waals surface area contributed by atoms with Crippen molar-refractivity contribution in [3.05, 3.63) is 29.6 Å². The molecule has 16 heavy (non-hydrogen) atoms. The lowest BCUT2D eigenvalue weighted by Gasteiger charge is -2.36. The van der Waals surface area contributed by atoms with Gasteiger partial charge in [-0.05, 0) is 32.4 Å². The molecule has 0 radical (unpaired) electrons. The number of pyridine rings is 1. The van der Waals surface area contributed by atoms with Crippen molar-refractivity contribution in [1.29, 1.82) is 0 Å². The number of hydrogen-bond donors (Lipinski definition) is 1. The number of rotatable bonds is 2. The van der Waals surface area contributed by atoms with E-state index in [1.807, 2.05) is 18.3 Å². The lowest BCUT2D eigenvalue weighted by molar-refractivity contribution is -0.0205. The van der Waals surface area contributed by atoms with E-state index in [4.69, 9.17) is 0 Å². The Hall–Kier alpha value is -0.930. The minimum atomic E-state index is -0.661. The molecule has 0 bridgehead atoms. The lowest BCUT2D eigenvalue weighted by atomic mass is 9.85. The van der Waals surface area contributed by atoms with Gasteiger partial charge in [0.05, 0.1) is 5.60 Å². The van der Waals surface area contributed by atoms with Gasteiger partial charge in [0.1, 0.15) is 0 Å². The maximum absolute atomic E-state index is 10.6. The molecule has 1 aliphatic heterocycles. The first kappa shape index (κ1) is 11.6. The molecule has 1 aromatic heterocycles. The molecule has 0 aromatic carbocycles. The van der Waals surface area contributed by atoms with Crippen LogP contribution in [0.3, 0.4) is 0 Å². The molecule has 1 N–H and O–H groups in total. The van der Waals surface area contributed by atoms with Gasteiger partial charge in [0, 0.05) is 30.5 Å². The van der Waals surface area contributed by atoms with Gasteiger partial charge in [0.25, 0.3) is 0 Å². The molecular weight excluding hydrogens is 200 g/mol. The van der Waals surface area contributed by atoms with Crippen molar-refractivity contribution in [1.82, 2.24) is 9.88 Å². The van der Waals surface area contributed by atoms with Gasteiger partial charge >= 0.3 is 0 Å². The average molecular weight is 220 g/mol. The first-order valence-corrected chi connectivity index (χ1v) is 6.00. The average Bonchev–Trinajstić information content (AvgIpc) is 2.33. The molecule has 2 heterocycles. The fourth-order valence-corrected chi connectivity index (χ4v) is 2.19. The van der Waals surface area contributed by atoms with Crippen molar-refractivity contribution in [2.24, 2.45) is 0 Å². The summed E-state index contributed by atoms with van der Waals surface area (Å²) >= 11 is 0. The first-order chi connectivity index (χ1) is 7.64. The van der Waals surface area contributed by atoms with E-state index in [0.717, 1.165) is 43.6 Å². The molecule has 1 fully saturated rings. The second-order valence-corrected chi connectivity index (χ2v) is 4.73. The highest BCUT2D eigenvalue weighted by molar-refractivity contribution is 5.21. The standard InChI is InChI=1S/C13H20N2O/c1-3-12-5-4-11(10-14-12)13(16)6-8-15(2)9-7-13/h4-5,10,16H,3,6-9H2,1-2H3. The third kappa shape index (κ3) is 2.25. The smallest absolute Gasteiger partial charge is 0.0935 e. The molecule has 0 amide bonds. The van der Waals surface area contributed by atoms with Gasteiger partial charge in [-0.3, -0.25) is 4.98 Å². The van der Waals surface area contributed by atoms with Gasteiger partial charge in [0.15, 0.2) is 0 Å². The summed E-state index contributed by atoms with van der Waals surface area (Å²) in [6.07, 6.45) is 4.39. The van der Waals surface area contributed by atoms with E-state index in [-0.39, 0.29) is 0 Å². The third-order valence-electron chi connectivity index (χ3n) is 3.54. The van der Waals surface area contributed by atoms with E-state index in [1.165, 1.54) is 0 Å². The summed E-state index contributed by atoms with van der Waals surface area (Å²) in [7, 11) is 2.10.